The largest absolute Gasteiger partial charge is 0.497 e. The van der Waals surface area contributed by atoms with Crippen LogP contribution in [0.1, 0.15) is 28.8 Å². The van der Waals surface area contributed by atoms with Crippen molar-refractivity contribution in [3.05, 3.63) is 65.5 Å². The van der Waals surface area contributed by atoms with Crippen LogP contribution < -0.4 is 4.74 Å². The summed E-state index contributed by atoms with van der Waals surface area (Å²) in [7, 11) is 1.60. The lowest BCUT2D eigenvalue weighted by atomic mass is 9.89. The number of ketones is 1. The summed E-state index contributed by atoms with van der Waals surface area (Å²) >= 11 is 0. The highest BCUT2D eigenvalue weighted by Crippen LogP contribution is 2.22. The van der Waals surface area contributed by atoms with Crippen molar-refractivity contribution in [1.82, 2.24) is 4.90 Å². The van der Waals surface area contributed by atoms with Gasteiger partial charge in [-0.1, -0.05) is 12.1 Å². The molecule has 136 valence electrons. The van der Waals surface area contributed by atoms with Crippen molar-refractivity contribution in [2.24, 2.45) is 5.92 Å². The van der Waals surface area contributed by atoms with Crippen LogP contribution in [0, 0.1) is 11.7 Å². The Bertz CT molecular complexity index is 771. The monoisotopic (exact) mass is 355 g/mol. The zero-order chi connectivity index (χ0) is 18.5. The molecule has 1 atom stereocenters. The van der Waals surface area contributed by atoms with Crippen molar-refractivity contribution < 1.29 is 18.7 Å². The van der Waals surface area contributed by atoms with Gasteiger partial charge in [0.05, 0.1) is 13.5 Å². The Kier molecular flexibility index (Phi) is 5.66. The van der Waals surface area contributed by atoms with Crippen molar-refractivity contribution in [1.29, 1.82) is 0 Å². The second-order valence-electron chi connectivity index (χ2n) is 6.57. The summed E-state index contributed by atoms with van der Waals surface area (Å²) in [5.74, 6) is 0.165. The van der Waals surface area contributed by atoms with Crippen LogP contribution in [0.4, 0.5) is 4.39 Å². The number of Topliss-reactive ketones (excluding diaryl/α,β-unsaturated/α-hetero) is 1. The molecule has 1 saturated heterocycles. The van der Waals surface area contributed by atoms with E-state index in [9.17, 15) is 14.0 Å². The quantitative estimate of drug-likeness (QED) is 0.771. The van der Waals surface area contributed by atoms with E-state index in [4.69, 9.17) is 4.74 Å². The van der Waals surface area contributed by atoms with Crippen molar-refractivity contribution in [3.63, 3.8) is 0 Å². The molecule has 0 aromatic heterocycles. The maximum Gasteiger partial charge on any atom is 0.227 e. The fourth-order valence-electron chi connectivity index (χ4n) is 3.30. The van der Waals surface area contributed by atoms with E-state index in [2.05, 4.69) is 0 Å². The number of piperidine rings is 1. The van der Waals surface area contributed by atoms with Crippen LogP contribution in [0.5, 0.6) is 5.75 Å². The first-order chi connectivity index (χ1) is 12.6. The molecule has 1 unspecified atom stereocenters. The number of amides is 1. The zero-order valence-corrected chi connectivity index (χ0v) is 14.8. The minimum atomic E-state index is -0.360. The normalized spacial score (nSPS) is 17.0. The summed E-state index contributed by atoms with van der Waals surface area (Å²) in [5.41, 5.74) is 1.42. The smallest absolute Gasteiger partial charge is 0.227 e. The number of benzene rings is 2. The maximum atomic E-state index is 13.0. The molecular formula is C21H22FNO3. The lowest BCUT2D eigenvalue weighted by Crippen LogP contribution is -2.43. The maximum absolute atomic E-state index is 13.0. The molecule has 1 aliphatic heterocycles. The van der Waals surface area contributed by atoms with Gasteiger partial charge in [0, 0.05) is 24.6 Å². The number of ether oxygens (including phenoxy) is 1. The molecule has 0 aliphatic carbocycles. The second-order valence-corrected chi connectivity index (χ2v) is 6.57. The summed E-state index contributed by atoms with van der Waals surface area (Å²) in [4.78, 5) is 27.0. The van der Waals surface area contributed by atoms with E-state index in [1.165, 1.54) is 24.3 Å². The average molecular weight is 355 g/mol. The van der Waals surface area contributed by atoms with Crippen molar-refractivity contribution in [2.75, 3.05) is 20.2 Å². The van der Waals surface area contributed by atoms with Crippen molar-refractivity contribution >= 4 is 11.7 Å². The van der Waals surface area contributed by atoms with E-state index in [-0.39, 0.29) is 23.4 Å². The van der Waals surface area contributed by atoms with Gasteiger partial charge >= 0.3 is 0 Å². The third kappa shape index (κ3) is 4.28. The third-order valence-electron chi connectivity index (χ3n) is 4.79. The molecule has 2 aromatic carbocycles. The first-order valence-corrected chi connectivity index (χ1v) is 8.77. The Hall–Kier alpha value is -2.69. The number of likely N-dealkylation sites (tertiary alicyclic amines) is 1. The molecular weight excluding hydrogens is 333 g/mol. The summed E-state index contributed by atoms with van der Waals surface area (Å²) in [6.07, 6.45) is 1.86. The summed E-state index contributed by atoms with van der Waals surface area (Å²) in [6.45, 7) is 1.09. The molecule has 1 fully saturated rings. The van der Waals surface area contributed by atoms with Crippen LogP contribution in [-0.2, 0) is 11.2 Å². The minimum absolute atomic E-state index is 0.0202. The molecule has 5 heteroatoms. The van der Waals surface area contributed by atoms with Gasteiger partial charge in [-0.15, -0.1) is 0 Å². The molecule has 3 rings (SSSR count). The van der Waals surface area contributed by atoms with Gasteiger partial charge in [0.2, 0.25) is 5.91 Å². The van der Waals surface area contributed by atoms with Gasteiger partial charge in [0.25, 0.3) is 0 Å². The number of carbonyl (C=O) groups is 2. The summed E-state index contributed by atoms with van der Waals surface area (Å²) < 4.78 is 18.2. The van der Waals surface area contributed by atoms with Gasteiger partial charge in [-0.25, -0.2) is 4.39 Å². The summed E-state index contributed by atoms with van der Waals surface area (Å²) in [6, 6.07) is 13.0. The summed E-state index contributed by atoms with van der Waals surface area (Å²) in [5, 5.41) is 0. The molecule has 0 radical (unpaired) electrons. The second kappa shape index (κ2) is 8.13. The fourth-order valence-corrected chi connectivity index (χ4v) is 3.30. The molecule has 0 N–H and O–H groups in total. The Morgan fingerprint density at radius 1 is 1.12 bits per heavy atom. The van der Waals surface area contributed by atoms with Crippen molar-refractivity contribution in [3.8, 4) is 5.75 Å². The Morgan fingerprint density at radius 2 is 1.81 bits per heavy atom. The van der Waals surface area contributed by atoms with E-state index >= 15 is 0 Å². The molecule has 0 bridgehead atoms. The number of methoxy groups -OCH3 is 1. The first kappa shape index (κ1) is 18.1. The van der Waals surface area contributed by atoms with Gasteiger partial charge in [-0.2, -0.15) is 0 Å². The van der Waals surface area contributed by atoms with Gasteiger partial charge in [-0.05, 0) is 54.8 Å². The predicted octanol–water partition coefficient (Wildman–Crippen LogP) is 3.50. The van der Waals surface area contributed by atoms with E-state index in [0.29, 0.717) is 25.1 Å². The Labute approximate surface area is 152 Å². The number of carbonyl (C=O) groups excluding carboxylic acids is 2. The van der Waals surface area contributed by atoms with Gasteiger partial charge in [0.15, 0.2) is 5.78 Å². The van der Waals surface area contributed by atoms with Crippen LogP contribution in [0.25, 0.3) is 0 Å². The van der Waals surface area contributed by atoms with E-state index in [1.807, 2.05) is 24.3 Å². The molecule has 1 heterocycles. The van der Waals surface area contributed by atoms with Crippen LogP contribution in [-0.4, -0.2) is 36.8 Å². The van der Waals surface area contributed by atoms with Crippen LogP contribution >= 0.6 is 0 Å². The van der Waals surface area contributed by atoms with Gasteiger partial charge < -0.3 is 9.64 Å². The Balaban J connectivity index is 1.62. The molecule has 2 aromatic rings. The average Bonchev–Trinajstić information content (AvgIpc) is 2.68. The number of rotatable bonds is 5. The highest BCUT2D eigenvalue weighted by molar-refractivity contribution is 5.98. The lowest BCUT2D eigenvalue weighted by molar-refractivity contribution is -0.131. The lowest BCUT2D eigenvalue weighted by Gasteiger charge is -2.32. The molecule has 0 spiro atoms. The van der Waals surface area contributed by atoms with Crippen LogP contribution in [0.2, 0.25) is 0 Å². The Morgan fingerprint density at radius 3 is 2.46 bits per heavy atom. The standard InChI is InChI=1S/C21H22FNO3/c1-26-19-10-4-15(5-11-19)13-20(24)23-12-2-3-17(14-23)21(25)16-6-8-18(22)9-7-16/h4-11,17H,2-3,12-14H2,1H3. The molecule has 1 amide bonds. The van der Waals surface area contributed by atoms with Crippen molar-refractivity contribution in [2.45, 2.75) is 19.3 Å². The van der Waals surface area contributed by atoms with Gasteiger partial charge in [-0.3, -0.25) is 9.59 Å². The van der Waals surface area contributed by atoms with Crippen LogP contribution in [0.3, 0.4) is 0 Å². The number of halogens is 1. The van der Waals surface area contributed by atoms with E-state index < -0.39 is 0 Å². The minimum Gasteiger partial charge on any atom is -0.497 e. The molecule has 26 heavy (non-hydrogen) atoms. The first-order valence-electron chi connectivity index (χ1n) is 8.77. The topological polar surface area (TPSA) is 46.6 Å². The molecule has 0 saturated carbocycles. The highest BCUT2D eigenvalue weighted by atomic mass is 19.1. The highest BCUT2D eigenvalue weighted by Gasteiger charge is 2.29. The predicted molar refractivity (Wildman–Crippen MR) is 96.7 cm³/mol. The SMILES string of the molecule is COc1ccc(CC(=O)N2CCCC(C(=O)c3ccc(F)cc3)C2)cc1. The van der Waals surface area contributed by atoms with E-state index in [1.54, 1.807) is 12.0 Å². The number of hydrogen-bond acceptors (Lipinski definition) is 3. The fraction of sp³-hybridized carbons (Fsp3) is 0.333. The third-order valence-corrected chi connectivity index (χ3v) is 4.79. The van der Waals surface area contributed by atoms with E-state index in [0.717, 1.165) is 24.2 Å². The van der Waals surface area contributed by atoms with Crippen LogP contribution in [0.15, 0.2) is 48.5 Å². The molecule has 4 nitrogen and oxygen atoms in total. The number of nitrogens with zero attached hydrogens (tertiary/aromatic N) is 1. The van der Waals surface area contributed by atoms with Gasteiger partial charge in [0.1, 0.15) is 11.6 Å². The number of hydrogen-bond donors (Lipinski definition) is 0. The molecule has 1 aliphatic rings. The zero-order valence-electron chi connectivity index (χ0n) is 14.8.